The average Bonchev–Trinajstić information content (AvgIpc) is 2.54. The van der Waals surface area contributed by atoms with Crippen LogP contribution in [0.4, 0.5) is 10.5 Å². The molecule has 0 aliphatic carbocycles. The van der Waals surface area contributed by atoms with Crippen LogP contribution in [0.5, 0.6) is 0 Å². The summed E-state index contributed by atoms with van der Waals surface area (Å²) in [5, 5.41) is 5.26. The highest BCUT2D eigenvalue weighted by Crippen LogP contribution is 2.09. The normalized spacial score (nSPS) is 11.4. The molecule has 0 fully saturated rings. The first-order valence-corrected chi connectivity index (χ1v) is 7.39. The van der Waals surface area contributed by atoms with Crippen LogP contribution in [0, 0.1) is 6.92 Å². The Labute approximate surface area is 135 Å². The van der Waals surface area contributed by atoms with Gasteiger partial charge in [-0.2, -0.15) is 0 Å². The van der Waals surface area contributed by atoms with Crippen molar-refractivity contribution in [1.82, 2.24) is 5.32 Å². The van der Waals surface area contributed by atoms with Gasteiger partial charge in [0.2, 0.25) is 5.91 Å². The molecule has 2 aromatic carbocycles. The number of benzene rings is 2. The van der Waals surface area contributed by atoms with Crippen molar-refractivity contribution in [3.63, 3.8) is 0 Å². The van der Waals surface area contributed by atoms with E-state index in [1.165, 1.54) is 0 Å². The van der Waals surface area contributed by atoms with Crippen LogP contribution in [-0.2, 0) is 16.1 Å². The van der Waals surface area contributed by atoms with E-state index < -0.39 is 12.1 Å². The monoisotopic (exact) mass is 312 g/mol. The van der Waals surface area contributed by atoms with Crippen molar-refractivity contribution in [2.45, 2.75) is 26.5 Å². The van der Waals surface area contributed by atoms with E-state index in [4.69, 9.17) is 4.74 Å². The zero-order chi connectivity index (χ0) is 16.7. The van der Waals surface area contributed by atoms with Gasteiger partial charge in [0, 0.05) is 5.69 Å². The second kappa shape index (κ2) is 7.98. The summed E-state index contributed by atoms with van der Waals surface area (Å²) in [7, 11) is 0. The van der Waals surface area contributed by atoms with Gasteiger partial charge in [-0.15, -0.1) is 0 Å². The zero-order valence-corrected chi connectivity index (χ0v) is 13.2. The van der Waals surface area contributed by atoms with Crippen LogP contribution in [-0.4, -0.2) is 18.0 Å². The molecule has 2 N–H and O–H groups in total. The van der Waals surface area contributed by atoms with Gasteiger partial charge in [0.05, 0.1) is 0 Å². The van der Waals surface area contributed by atoms with Crippen LogP contribution >= 0.6 is 0 Å². The molecule has 0 radical (unpaired) electrons. The molecule has 0 saturated heterocycles. The average molecular weight is 312 g/mol. The molecular weight excluding hydrogens is 292 g/mol. The third-order valence-electron chi connectivity index (χ3n) is 3.23. The maximum atomic E-state index is 12.1. The van der Waals surface area contributed by atoms with E-state index >= 15 is 0 Å². The van der Waals surface area contributed by atoms with E-state index in [1.54, 1.807) is 13.0 Å². The number of nitrogens with one attached hydrogen (secondary N) is 2. The summed E-state index contributed by atoms with van der Waals surface area (Å²) < 4.78 is 5.09. The van der Waals surface area contributed by atoms with E-state index in [-0.39, 0.29) is 12.5 Å². The zero-order valence-electron chi connectivity index (χ0n) is 13.2. The number of alkyl carbamates (subject to hydrolysis) is 1. The highest BCUT2D eigenvalue weighted by molar-refractivity contribution is 5.96. The van der Waals surface area contributed by atoms with Crippen molar-refractivity contribution in [1.29, 1.82) is 0 Å². The minimum absolute atomic E-state index is 0.166. The quantitative estimate of drug-likeness (QED) is 0.890. The number of carbonyl (C=O) groups excluding carboxylic acids is 2. The van der Waals surface area contributed by atoms with Crippen molar-refractivity contribution in [3.8, 4) is 0 Å². The molecule has 1 unspecified atom stereocenters. The Balaban J connectivity index is 1.79. The topological polar surface area (TPSA) is 67.4 Å². The number of hydrogen-bond acceptors (Lipinski definition) is 3. The number of ether oxygens (including phenoxy) is 1. The minimum Gasteiger partial charge on any atom is -0.445 e. The van der Waals surface area contributed by atoms with Gasteiger partial charge in [-0.05, 0) is 37.1 Å². The fourth-order valence-electron chi connectivity index (χ4n) is 1.98. The Morgan fingerprint density at radius 1 is 1.09 bits per heavy atom. The van der Waals surface area contributed by atoms with Gasteiger partial charge >= 0.3 is 6.09 Å². The Hall–Kier alpha value is -2.82. The highest BCUT2D eigenvalue weighted by Gasteiger charge is 2.16. The van der Waals surface area contributed by atoms with Crippen molar-refractivity contribution < 1.29 is 14.3 Å². The predicted molar refractivity (Wildman–Crippen MR) is 89.0 cm³/mol. The molecule has 5 nitrogen and oxygen atoms in total. The third kappa shape index (κ3) is 5.47. The second-order valence-corrected chi connectivity index (χ2v) is 5.29. The first-order chi connectivity index (χ1) is 11.0. The van der Waals surface area contributed by atoms with Gasteiger partial charge in [-0.1, -0.05) is 42.5 Å². The van der Waals surface area contributed by atoms with Crippen LogP contribution in [0.15, 0.2) is 54.6 Å². The largest absolute Gasteiger partial charge is 0.445 e. The molecule has 5 heteroatoms. The van der Waals surface area contributed by atoms with Crippen molar-refractivity contribution in [3.05, 3.63) is 65.7 Å². The molecule has 1 atom stereocenters. The molecule has 0 saturated carbocycles. The van der Waals surface area contributed by atoms with Gasteiger partial charge in [-0.3, -0.25) is 4.79 Å². The molecule has 23 heavy (non-hydrogen) atoms. The van der Waals surface area contributed by atoms with Gasteiger partial charge in [-0.25, -0.2) is 4.79 Å². The van der Waals surface area contributed by atoms with E-state index in [0.29, 0.717) is 5.69 Å². The standard InChI is InChI=1S/C18H20N2O3/c1-13-7-6-10-16(11-13)20-17(21)14(2)19-18(22)23-12-15-8-4-3-5-9-15/h3-11,14H,12H2,1-2H3,(H,19,22)(H,20,21). The van der Waals surface area contributed by atoms with Crippen LogP contribution in [0.1, 0.15) is 18.1 Å². The predicted octanol–water partition coefficient (Wildman–Crippen LogP) is 3.25. The van der Waals surface area contributed by atoms with Crippen LogP contribution < -0.4 is 10.6 Å². The smallest absolute Gasteiger partial charge is 0.408 e. The summed E-state index contributed by atoms with van der Waals surface area (Å²) in [5.74, 6) is -0.299. The van der Waals surface area contributed by atoms with E-state index in [0.717, 1.165) is 11.1 Å². The molecule has 0 heterocycles. The summed E-state index contributed by atoms with van der Waals surface area (Å²) in [5.41, 5.74) is 2.63. The number of hydrogen-bond donors (Lipinski definition) is 2. The molecule has 0 bridgehead atoms. The van der Waals surface area contributed by atoms with Crippen LogP contribution in [0.3, 0.4) is 0 Å². The maximum Gasteiger partial charge on any atom is 0.408 e. The van der Waals surface area contributed by atoms with Crippen molar-refractivity contribution in [2.75, 3.05) is 5.32 Å². The molecule has 0 aromatic heterocycles. The minimum atomic E-state index is -0.696. The summed E-state index contributed by atoms with van der Waals surface area (Å²) in [4.78, 5) is 23.8. The Bertz CT molecular complexity index is 671. The second-order valence-electron chi connectivity index (χ2n) is 5.29. The Morgan fingerprint density at radius 3 is 2.52 bits per heavy atom. The fourth-order valence-corrected chi connectivity index (χ4v) is 1.98. The molecule has 0 spiro atoms. The number of anilines is 1. The van der Waals surface area contributed by atoms with Gasteiger partial charge in [0.15, 0.2) is 0 Å². The molecule has 2 amide bonds. The molecule has 2 rings (SSSR count). The van der Waals surface area contributed by atoms with Crippen LogP contribution in [0.2, 0.25) is 0 Å². The first-order valence-electron chi connectivity index (χ1n) is 7.39. The number of amides is 2. The van der Waals surface area contributed by atoms with E-state index in [9.17, 15) is 9.59 Å². The lowest BCUT2D eigenvalue weighted by Crippen LogP contribution is -2.41. The first kappa shape index (κ1) is 16.5. The van der Waals surface area contributed by atoms with Gasteiger partial charge < -0.3 is 15.4 Å². The molecule has 120 valence electrons. The molecule has 0 aliphatic heterocycles. The third-order valence-corrected chi connectivity index (χ3v) is 3.23. The fraction of sp³-hybridized carbons (Fsp3) is 0.222. The lowest BCUT2D eigenvalue weighted by molar-refractivity contribution is -0.117. The van der Waals surface area contributed by atoms with E-state index in [1.807, 2.05) is 55.5 Å². The van der Waals surface area contributed by atoms with Crippen LogP contribution in [0.25, 0.3) is 0 Å². The highest BCUT2D eigenvalue weighted by atomic mass is 16.5. The van der Waals surface area contributed by atoms with Crippen molar-refractivity contribution >= 4 is 17.7 Å². The lowest BCUT2D eigenvalue weighted by Gasteiger charge is -2.14. The summed E-state index contributed by atoms with van der Waals surface area (Å²) in [6.45, 7) is 3.71. The molecular formula is C18H20N2O3. The maximum absolute atomic E-state index is 12.1. The molecule has 0 aliphatic rings. The summed E-state index contributed by atoms with van der Waals surface area (Å²) >= 11 is 0. The summed E-state index contributed by atoms with van der Waals surface area (Å²) in [6.07, 6.45) is -0.624. The Morgan fingerprint density at radius 2 is 1.83 bits per heavy atom. The van der Waals surface area contributed by atoms with Gasteiger partial charge in [0.25, 0.3) is 0 Å². The van der Waals surface area contributed by atoms with Crippen molar-refractivity contribution in [2.24, 2.45) is 0 Å². The number of aryl methyl sites for hydroxylation is 1. The number of rotatable bonds is 5. The summed E-state index contributed by atoms with van der Waals surface area (Å²) in [6, 6.07) is 16.1. The Kier molecular flexibility index (Phi) is 5.74. The SMILES string of the molecule is Cc1cccc(NC(=O)C(C)NC(=O)OCc2ccccc2)c1. The van der Waals surface area contributed by atoms with E-state index in [2.05, 4.69) is 10.6 Å². The molecule has 2 aromatic rings. The number of carbonyl (C=O) groups is 2. The lowest BCUT2D eigenvalue weighted by atomic mass is 10.2. The van der Waals surface area contributed by atoms with Gasteiger partial charge in [0.1, 0.15) is 12.6 Å².